The Balaban J connectivity index is 1.93. The van der Waals surface area contributed by atoms with Crippen molar-refractivity contribution in [1.29, 1.82) is 0 Å². The van der Waals surface area contributed by atoms with Gasteiger partial charge in [-0.3, -0.25) is 14.4 Å². The van der Waals surface area contributed by atoms with E-state index in [1.54, 1.807) is 13.0 Å². The lowest BCUT2D eigenvalue weighted by atomic mass is 9.86. The Morgan fingerprint density at radius 1 is 1.24 bits per heavy atom. The monoisotopic (exact) mass is 292 g/mol. The molecule has 6 heteroatoms. The second-order valence-electron chi connectivity index (χ2n) is 5.43. The van der Waals surface area contributed by atoms with Gasteiger partial charge >= 0.3 is 5.97 Å². The molecule has 2 rings (SSSR count). The average molecular weight is 292 g/mol. The van der Waals surface area contributed by atoms with E-state index in [1.165, 1.54) is 13.2 Å². The summed E-state index contributed by atoms with van der Waals surface area (Å²) < 4.78 is 4.73. The van der Waals surface area contributed by atoms with Crippen LogP contribution in [0.4, 0.5) is 0 Å². The summed E-state index contributed by atoms with van der Waals surface area (Å²) in [5.74, 6) is -0.626. The van der Waals surface area contributed by atoms with Gasteiger partial charge in [0.2, 0.25) is 0 Å². The number of aromatic amines is 1. The van der Waals surface area contributed by atoms with Crippen LogP contribution in [0.1, 0.15) is 41.7 Å². The predicted molar refractivity (Wildman–Crippen MR) is 77.0 cm³/mol. The van der Waals surface area contributed by atoms with E-state index in [-0.39, 0.29) is 35.0 Å². The molecular weight excluding hydrogens is 272 g/mol. The van der Waals surface area contributed by atoms with Gasteiger partial charge in [0, 0.05) is 11.7 Å². The number of aryl methyl sites for hydroxylation is 1. The highest BCUT2D eigenvalue weighted by atomic mass is 16.5. The maximum Gasteiger partial charge on any atom is 0.308 e. The number of esters is 1. The van der Waals surface area contributed by atoms with Gasteiger partial charge in [0.05, 0.1) is 13.0 Å². The van der Waals surface area contributed by atoms with Crippen LogP contribution >= 0.6 is 0 Å². The summed E-state index contributed by atoms with van der Waals surface area (Å²) in [7, 11) is 1.39. The van der Waals surface area contributed by atoms with Crippen LogP contribution in [-0.2, 0) is 9.53 Å². The SMILES string of the molecule is COC(=O)C1CCC(NC(=O)c2ccc(C)[nH]c2=O)CC1. The Labute approximate surface area is 122 Å². The van der Waals surface area contributed by atoms with Crippen molar-refractivity contribution in [2.75, 3.05) is 7.11 Å². The molecule has 6 nitrogen and oxygen atoms in total. The molecule has 114 valence electrons. The number of methoxy groups -OCH3 is 1. The lowest BCUT2D eigenvalue weighted by Gasteiger charge is -2.27. The first-order chi connectivity index (χ1) is 10.0. The van der Waals surface area contributed by atoms with Crippen molar-refractivity contribution in [1.82, 2.24) is 10.3 Å². The summed E-state index contributed by atoms with van der Waals surface area (Å²) in [6, 6.07) is 3.23. The van der Waals surface area contributed by atoms with Crippen molar-refractivity contribution in [3.8, 4) is 0 Å². The number of carbonyl (C=O) groups excluding carboxylic acids is 2. The molecule has 1 heterocycles. The molecule has 1 aromatic rings. The molecule has 1 aliphatic carbocycles. The zero-order valence-electron chi connectivity index (χ0n) is 12.3. The molecule has 0 spiro atoms. The minimum absolute atomic E-state index is 0.000825. The second kappa shape index (κ2) is 6.56. The van der Waals surface area contributed by atoms with Crippen molar-refractivity contribution in [3.05, 3.63) is 33.7 Å². The van der Waals surface area contributed by atoms with E-state index in [1.807, 2.05) is 0 Å². The fourth-order valence-corrected chi connectivity index (χ4v) is 2.65. The number of ether oxygens (including phenoxy) is 1. The first kappa shape index (κ1) is 15.3. The van der Waals surface area contributed by atoms with Crippen LogP contribution in [0.15, 0.2) is 16.9 Å². The predicted octanol–water partition coefficient (Wildman–Crippen LogP) is 1.14. The number of aromatic nitrogens is 1. The highest BCUT2D eigenvalue weighted by Gasteiger charge is 2.28. The Kier molecular flexibility index (Phi) is 4.77. The van der Waals surface area contributed by atoms with Gasteiger partial charge in [-0.1, -0.05) is 0 Å². The maximum absolute atomic E-state index is 12.1. The minimum atomic E-state index is -0.379. The molecule has 2 N–H and O–H groups in total. The zero-order chi connectivity index (χ0) is 15.4. The number of rotatable bonds is 3. The summed E-state index contributed by atoms with van der Waals surface area (Å²) in [6.07, 6.45) is 2.83. The van der Waals surface area contributed by atoms with Gasteiger partial charge in [-0.15, -0.1) is 0 Å². The van der Waals surface area contributed by atoms with Gasteiger partial charge in [-0.05, 0) is 44.7 Å². The first-order valence-electron chi connectivity index (χ1n) is 7.10. The van der Waals surface area contributed by atoms with Crippen LogP contribution in [0.2, 0.25) is 0 Å². The zero-order valence-corrected chi connectivity index (χ0v) is 12.3. The fourth-order valence-electron chi connectivity index (χ4n) is 2.65. The van der Waals surface area contributed by atoms with E-state index in [0.29, 0.717) is 12.8 Å². The number of hydrogen-bond donors (Lipinski definition) is 2. The summed E-state index contributed by atoms with van der Waals surface area (Å²) >= 11 is 0. The molecule has 21 heavy (non-hydrogen) atoms. The van der Waals surface area contributed by atoms with Gasteiger partial charge in [0.25, 0.3) is 11.5 Å². The summed E-state index contributed by atoms with van der Waals surface area (Å²) in [5.41, 5.74) is 0.460. The van der Waals surface area contributed by atoms with E-state index < -0.39 is 0 Å². The van der Waals surface area contributed by atoms with Gasteiger partial charge in [-0.25, -0.2) is 0 Å². The number of H-pyrrole nitrogens is 1. The highest BCUT2D eigenvalue weighted by Crippen LogP contribution is 2.25. The van der Waals surface area contributed by atoms with Crippen LogP contribution in [0, 0.1) is 12.8 Å². The molecule has 0 aromatic carbocycles. The molecule has 1 aromatic heterocycles. The molecule has 0 radical (unpaired) electrons. The normalized spacial score (nSPS) is 21.6. The van der Waals surface area contributed by atoms with Gasteiger partial charge < -0.3 is 15.0 Å². The molecule has 0 aliphatic heterocycles. The Morgan fingerprint density at radius 2 is 1.90 bits per heavy atom. The smallest absolute Gasteiger partial charge is 0.308 e. The van der Waals surface area contributed by atoms with Crippen LogP contribution in [0.3, 0.4) is 0 Å². The van der Waals surface area contributed by atoms with Gasteiger partial charge in [0.1, 0.15) is 5.56 Å². The van der Waals surface area contributed by atoms with Crippen molar-refractivity contribution >= 4 is 11.9 Å². The average Bonchev–Trinajstić information content (AvgIpc) is 2.47. The summed E-state index contributed by atoms with van der Waals surface area (Å²) in [4.78, 5) is 37.9. The first-order valence-corrected chi connectivity index (χ1v) is 7.10. The molecule has 1 amide bonds. The summed E-state index contributed by atoms with van der Waals surface area (Å²) in [5, 5.41) is 2.86. The maximum atomic E-state index is 12.1. The van der Waals surface area contributed by atoms with Gasteiger partial charge in [0.15, 0.2) is 0 Å². The quantitative estimate of drug-likeness (QED) is 0.818. The molecule has 0 unspecified atom stereocenters. The topological polar surface area (TPSA) is 88.3 Å². The molecule has 1 aliphatic rings. The van der Waals surface area contributed by atoms with E-state index in [0.717, 1.165) is 18.5 Å². The minimum Gasteiger partial charge on any atom is -0.469 e. The highest BCUT2D eigenvalue weighted by molar-refractivity contribution is 5.94. The fraction of sp³-hybridized carbons (Fsp3) is 0.533. The molecule has 1 fully saturated rings. The summed E-state index contributed by atoms with van der Waals surface area (Å²) in [6.45, 7) is 1.76. The Morgan fingerprint density at radius 3 is 2.48 bits per heavy atom. The van der Waals surface area contributed by atoms with Gasteiger partial charge in [-0.2, -0.15) is 0 Å². The second-order valence-corrected chi connectivity index (χ2v) is 5.43. The molecule has 0 bridgehead atoms. The van der Waals surface area contributed by atoms with Crippen LogP contribution in [0.5, 0.6) is 0 Å². The number of hydrogen-bond acceptors (Lipinski definition) is 4. The van der Waals surface area contributed by atoms with Crippen LogP contribution in [-0.4, -0.2) is 30.0 Å². The third-order valence-corrected chi connectivity index (χ3v) is 3.90. The van der Waals surface area contributed by atoms with Crippen molar-refractivity contribution in [2.24, 2.45) is 5.92 Å². The number of pyridine rings is 1. The lowest BCUT2D eigenvalue weighted by molar-refractivity contribution is -0.146. The molecular formula is C15H20N2O4. The Hall–Kier alpha value is -2.11. The standard InChI is InChI=1S/C15H20N2O4/c1-9-3-8-12(13(18)16-9)14(19)17-11-6-4-10(5-7-11)15(20)21-2/h3,8,10-11H,4-7H2,1-2H3,(H,16,18)(H,17,19). The van der Waals surface area contributed by atoms with E-state index >= 15 is 0 Å². The number of nitrogens with one attached hydrogen (secondary N) is 2. The number of amides is 1. The van der Waals surface area contributed by atoms with Crippen molar-refractivity contribution < 1.29 is 14.3 Å². The van der Waals surface area contributed by atoms with Crippen molar-refractivity contribution in [2.45, 2.75) is 38.6 Å². The lowest BCUT2D eigenvalue weighted by Crippen LogP contribution is -2.40. The van der Waals surface area contributed by atoms with E-state index in [9.17, 15) is 14.4 Å². The van der Waals surface area contributed by atoms with E-state index in [4.69, 9.17) is 4.74 Å². The third kappa shape index (κ3) is 3.71. The molecule has 1 saturated carbocycles. The van der Waals surface area contributed by atoms with Crippen LogP contribution < -0.4 is 10.9 Å². The van der Waals surface area contributed by atoms with Crippen molar-refractivity contribution in [3.63, 3.8) is 0 Å². The van der Waals surface area contributed by atoms with E-state index in [2.05, 4.69) is 10.3 Å². The third-order valence-electron chi connectivity index (χ3n) is 3.90. The Bertz CT molecular complexity index is 586. The van der Waals surface area contributed by atoms with Crippen LogP contribution in [0.25, 0.3) is 0 Å². The molecule has 0 saturated heterocycles. The largest absolute Gasteiger partial charge is 0.469 e. The molecule has 0 atom stereocenters. The number of carbonyl (C=O) groups is 2.